The number of likely N-dealkylation sites (N-methyl/N-ethyl adjacent to an activating group) is 1. The van der Waals surface area contributed by atoms with Crippen molar-refractivity contribution in [2.45, 2.75) is 16.9 Å². The molecular weight excluding hydrogens is 995 g/mol. The van der Waals surface area contributed by atoms with E-state index in [1.54, 1.807) is 313 Å². The van der Waals surface area contributed by atoms with Gasteiger partial charge in [-0.1, -0.05) is 24.3 Å². The second-order valence-corrected chi connectivity index (χ2v) is 27.7. The monoisotopic (exact) mass is 1010 g/mol. The molecule has 1 unspecified atom stereocenters. The molecule has 2 heteroatoms. The third-order valence-electron chi connectivity index (χ3n) is 26.9. The van der Waals surface area contributed by atoms with E-state index in [0.29, 0.717) is 0 Å². The fourth-order valence-electron chi connectivity index (χ4n) is 26.5. The molecule has 7 aliphatic rings. The molecule has 1 atom stereocenters. The maximum absolute atomic E-state index is 2.91. The molecule has 1 heterocycles. The van der Waals surface area contributed by atoms with Crippen LogP contribution in [0.1, 0.15) is 22.3 Å². The van der Waals surface area contributed by atoms with E-state index in [0.717, 1.165) is 6.54 Å². The first-order valence-corrected chi connectivity index (χ1v) is 29.0. The fourth-order valence-corrected chi connectivity index (χ4v) is 26.5. The molecule has 3 fully saturated rings. The molecule has 28 aromatic carbocycles. The Morgan fingerprint density at radius 1 is 0.291 bits per heavy atom. The van der Waals surface area contributed by atoms with Crippen LogP contribution in [-0.4, -0.2) is 24.5 Å². The van der Waals surface area contributed by atoms with Gasteiger partial charge >= 0.3 is 0 Å². The summed E-state index contributed by atoms with van der Waals surface area (Å²) in [7, 11) is 2.56. The topological polar surface area (TPSA) is 3.24 Å². The minimum Gasteiger partial charge on any atom is -0.297 e. The first-order chi connectivity index (χ1) is 38.8. The summed E-state index contributed by atoms with van der Waals surface area (Å²) >= 11 is 0. The van der Waals surface area contributed by atoms with Crippen molar-refractivity contribution in [1.82, 2.24) is 4.90 Å². The van der Waals surface area contributed by atoms with Crippen LogP contribution in [0.5, 0.6) is 0 Å². The van der Waals surface area contributed by atoms with Crippen LogP contribution >= 0.6 is 0 Å². The van der Waals surface area contributed by atoms with Gasteiger partial charge in [0.05, 0.1) is 10.8 Å². The Hall–Kier alpha value is -7.58. The second-order valence-electron chi connectivity index (χ2n) is 27.7. The van der Waals surface area contributed by atoms with Crippen LogP contribution in [0.25, 0.3) is 291 Å². The van der Waals surface area contributed by atoms with Crippen molar-refractivity contribution in [2.24, 2.45) is 0 Å². The van der Waals surface area contributed by atoms with Gasteiger partial charge in [-0.3, -0.25) is 4.90 Å². The Morgan fingerprint density at radius 2 is 0.506 bits per heavy atom. The van der Waals surface area contributed by atoms with E-state index in [9.17, 15) is 0 Å². The zero-order valence-electron chi connectivity index (χ0n) is 41.1. The number of rotatable bonds is 3. The van der Waals surface area contributed by atoms with Crippen LogP contribution in [0.2, 0.25) is 0 Å². The molecular formula is C77H19FeN. The minimum atomic E-state index is -0.294. The summed E-state index contributed by atoms with van der Waals surface area (Å²) in [5, 5.41) is 90.3. The molecule has 28 aromatic rings. The molecule has 10 radical (unpaired) electrons. The quantitative estimate of drug-likeness (QED) is 0.0968. The Bertz CT molecular complexity index is 7250. The molecule has 1 aliphatic heterocycles. The second kappa shape index (κ2) is 8.36. The van der Waals surface area contributed by atoms with E-state index in [2.05, 4.69) is 61.9 Å². The summed E-state index contributed by atoms with van der Waals surface area (Å²) in [5.41, 5.74) is 6.55. The number of hydrogen-bond acceptors (Lipinski definition) is 1. The molecule has 2 saturated carbocycles. The van der Waals surface area contributed by atoms with Crippen LogP contribution in [0.4, 0.5) is 0 Å². The zero-order chi connectivity index (χ0) is 47.1. The smallest absolute Gasteiger partial charge is 0.0569 e. The van der Waals surface area contributed by atoms with Crippen molar-refractivity contribution in [2.75, 3.05) is 13.6 Å². The van der Waals surface area contributed by atoms with E-state index in [1.807, 2.05) is 32.1 Å². The molecule has 0 bridgehead atoms. The average molecular weight is 1010 g/mol. The number of benzene rings is 18. The van der Waals surface area contributed by atoms with E-state index >= 15 is 0 Å². The summed E-state index contributed by atoms with van der Waals surface area (Å²) < 4.78 is 0. The molecule has 0 aromatic heterocycles. The van der Waals surface area contributed by atoms with Gasteiger partial charge in [0.2, 0.25) is 0 Å². The third kappa shape index (κ3) is 2.07. The van der Waals surface area contributed by atoms with Crippen molar-refractivity contribution in [3.05, 3.63) is 110 Å². The normalized spacial score (nSPS) is 24.7. The maximum atomic E-state index is 2.91. The van der Waals surface area contributed by atoms with E-state index in [4.69, 9.17) is 0 Å². The standard InChI is InChI=1S/C72H14N.C5H5.Fe/c1-73-10-71-67-59-51-41-31-23-15-13-14-17-21-19(15)27-35-29(21)39-33-25(17)26-18(14)22-20-16(13)24(23)32-38-28(20)36-30(22)40-34(26)44-43(33)55-49(39)57-47(35)53(45(51)37(27)31)61(67)63(57)69-65(55)66-56(44)50(40)58-48(36)54-46(38)52(42(32)41)60(59)68(71)62(54)64(58)70(66)72(69,71)12(73)9-5-4-8-11-6-2-3-7-11;1-2-4-5-3-1;/h2-9,12H,10H2,1H3;1-5H;/b8-4+,9-5+;;. The fraction of sp³-hybridized carbons (Fsp3) is 0.0649. The Balaban J connectivity index is 0.000000586. The molecule has 0 amide bonds. The van der Waals surface area contributed by atoms with Gasteiger partial charge in [-0.2, -0.15) is 0 Å². The van der Waals surface area contributed by atoms with Gasteiger partial charge in [-0.05, 0) is 378 Å². The number of hydrogen-bond donors (Lipinski definition) is 0. The Labute approximate surface area is 450 Å². The van der Waals surface area contributed by atoms with Gasteiger partial charge < -0.3 is 0 Å². The molecule has 1 nitrogen and oxygen atoms in total. The van der Waals surface area contributed by atoms with Gasteiger partial charge in [0.25, 0.3) is 0 Å². The number of allylic oxidation sites excluding steroid dienone is 3. The average Bonchev–Trinajstić information content (AvgIpc) is 1.50. The third-order valence-corrected chi connectivity index (χ3v) is 26.9. The Morgan fingerprint density at radius 3 is 0.747 bits per heavy atom. The molecule has 2 spiro atoms. The van der Waals surface area contributed by atoms with Crippen LogP contribution in [0.3, 0.4) is 0 Å². The minimum absolute atomic E-state index is 0. The SMILES string of the molecule is CN1CC23c4c5c6c7c8c9c(c%10c%11c2c2c4c4c%12c5c5c6c6c8c8c%13c9c9c%10c%10c%11c%11c2c2c4c4c%12c%12c5c5c6c8c6c8c%13c9c9c%10c%10c%11c2c2c4c4c%12c5c6c5c8c9c%10c2c45)C73C1/C=C/C=C/[C]1[CH][CH][CH][CH]1.[CH]1[CH][CH][CH][CH]1.[Fe]. The number of likely N-dealkylation sites (tertiary alicyclic amines) is 1. The molecule has 35 rings (SSSR count). The van der Waals surface area contributed by atoms with Crippen molar-refractivity contribution in [3.8, 4) is 0 Å². The van der Waals surface area contributed by atoms with Crippen LogP contribution < -0.4 is 0 Å². The van der Waals surface area contributed by atoms with Crippen LogP contribution in [-0.2, 0) is 27.9 Å². The van der Waals surface area contributed by atoms with Gasteiger partial charge in [-0.25, -0.2) is 0 Å². The summed E-state index contributed by atoms with van der Waals surface area (Å²) in [6, 6.07) is 0.174. The summed E-state index contributed by atoms with van der Waals surface area (Å²) in [5.74, 6) is 1.29. The van der Waals surface area contributed by atoms with E-state index in [1.165, 1.54) is 5.92 Å². The van der Waals surface area contributed by atoms with Gasteiger partial charge in [0.1, 0.15) is 0 Å². The molecule has 6 aliphatic carbocycles. The zero-order valence-corrected chi connectivity index (χ0v) is 42.2. The van der Waals surface area contributed by atoms with Crippen LogP contribution in [0.15, 0.2) is 24.3 Å². The molecule has 1 saturated heterocycles. The van der Waals surface area contributed by atoms with Crippen molar-refractivity contribution in [1.29, 1.82) is 0 Å². The first-order valence-electron chi connectivity index (χ1n) is 29.0. The molecule has 79 heavy (non-hydrogen) atoms. The first kappa shape index (κ1) is 33.8. The Kier molecular flexibility index (Phi) is 3.57. The summed E-state index contributed by atoms with van der Waals surface area (Å²) in [4.78, 5) is 2.91. The van der Waals surface area contributed by atoms with Crippen molar-refractivity contribution >= 4 is 291 Å². The summed E-state index contributed by atoms with van der Waals surface area (Å²) in [6.45, 7) is 1.05. The van der Waals surface area contributed by atoms with Crippen molar-refractivity contribution < 1.29 is 17.1 Å². The molecule has 340 valence electrons. The van der Waals surface area contributed by atoms with Crippen molar-refractivity contribution in [3.63, 3.8) is 0 Å². The molecule has 0 N–H and O–H groups in total. The van der Waals surface area contributed by atoms with Crippen LogP contribution in [0, 0.1) is 63.7 Å². The predicted octanol–water partition coefficient (Wildman–Crippen LogP) is 19.1. The van der Waals surface area contributed by atoms with E-state index < -0.39 is 0 Å². The van der Waals surface area contributed by atoms with Gasteiger partial charge in [0, 0.05) is 35.6 Å². The van der Waals surface area contributed by atoms with E-state index in [-0.39, 0.29) is 33.9 Å². The number of nitrogens with zero attached hydrogens (tertiary/aromatic N) is 1. The largest absolute Gasteiger partial charge is 0.297 e. The van der Waals surface area contributed by atoms with Gasteiger partial charge in [-0.15, -0.1) is 0 Å². The van der Waals surface area contributed by atoms with Gasteiger partial charge in [0.15, 0.2) is 0 Å². The predicted molar refractivity (Wildman–Crippen MR) is 331 cm³/mol. The summed E-state index contributed by atoms with van der Waals surface area (Å²) in [6.07, 6.45) is 28.8. The maximum Gasteiger partial charge on any atom is 0.0569 e.